The van der Waals surface area contributed by atoms with Crippen molar-refractivity contribution >= 4 is 46.6 Å². The Morgan fingerprint density at radius 3 is 1.85 bits per heavy atom. The van der Waals surface area contributed by atoms with Crippen LogP contribution in [0.5, 0.6) is 17.2 Å². The Labute approximate surface area is 420 Å². The van der Waals surface area contributed by atoms with Crippen LogP contribution in [-0.4, -0.2) is 128 Å². The lowest BCUT2D eigenvalue weighted by Gasteiger charge is -2.45. The molecule has 4 N–H and O–H groups in total. The molecule has 0 radical (unpaired) electrons. The van der Waals surface area contributed by atoms with Crippen molar-refractivity contribution in [3.05, 3.63) is 131 Å². The summed E-state index contributed by atoms with van der Waals surface area (Å²) in [5, 5.41) is 59.9. The number of benzene rings is 4. The number of nitro groups is 2. The highest BCUT2D eigenvalue weighted by atomic mass is 19.4. The number of methoxy groups -OCH3 is 1. The lowest BCUT2D eigenvalue weighted by Crippen LogP contribution is -2.60. The molecule has 8 rings (SSSR count). The molecule has 2 fully saturated rings. The first kappa shape index (κ1) is 53.4. The van der Waals surface area contributed by atoms with Gasteiger partial charge in [0.15, 0.2) is 24.1 Å². The van der Waals surface area contributed by atoms with Crippen molar-refractivity contribution in [2.24, 2.45) is 0 Å². The first-order valence-electron chi connectivity index (χ1n) is 22.8. The lowest BCUT2D eigenvalue weighted by molar-refractivity contribution is -0.385. The summed E-state index contributed by atoms with van der Waals surface area (Å²) in [6.07, 6.45) is -20.0. The molecule has 2 aliphatic carbocycles. The van der Waals surface area contributed by atoms with Gasteiger partial charge in [0.05, 0.1) is 69.1 Å². The predicted octanol–water partition coefficient (Wildman–Crippen LogP) is 5.18. The zero-order valence-corrected chi connectivity index (χ0v) is 39.7. The SMILES string of the molecule is COc1cccc2c1C(=O)c1c(O)c3c(c(O)c1C2=O)C[C@@](O)(C(C)=O)C[C@@H]3O[C@H]1C[C@H](OC(=O)c2ccc([N+](=O)[O-])cc2)[C@@H](O[C@H]2C[C@H](NC(=O)C(F)(F)F)[C@H](OC(=O)c3ccc([N+](=O)[O-])cc3)[C@H](C)O2)[C@H](C)O1. The standard InChI is InChI=1S/C49H44F3N3O20/c1-20-43(75-46(62)24-10-14-26(15-11-24)55(67)68)29(53-47(63)49(50,51)52)16-33(70-20)74-44-21(2)71-34(17-31(44)73-45(61)23-8-12-25(13-9-23)54(65)66)72-32-19-48(64,22(3)56)18-28-36(32)42(60)38-37(40(28)58)39(57)27-6-5-7-30(69-4)35(27)41(38)59/h5-15,20-21,29,31-34,43-44,58,60,64H,16-19H2,1-4H3,(H,53,63)/t20-,21-,29-,31-,32-,33-,34-,43+,44-,48-/m0/s1. The van der Waals surface area contributed by atoms with Crippen LogP contribution in [0.3, 0.4) is 0 Å². The molecule has 23 nitrogen and oxygen atoms in total. The van der Waals surface area contributed by atoms with Crippen LogP contribution >= 0.6 is 0 Å². The third-order valence-corrected chi connectivity index (χ3v) is 13.4. The Balaban J connectivity index is 1.11. The van der Waals surface area contributed by atoms with Crippen LogP contribution < -0.4 is 10.1 Å². The van der Waals surface area contributed by atoms with Crippen LogP contribution in [0, 0.1) is 20.2 Å². The Morgan fingerprint density at radius 2 is 1.31 bits per heavy atom. The van der Waals surface area contributed by atoms with Crippen LogP contribution in [0.15, 0.2) is 66.7 Å². The van der Waals surface area contributed by atoms with Crippen molar-refractivity contribution in [3.8, 4) is 17.2 Å². The molecule has 4 aromatic rings. The number of esters is 2. The van der Waals surface area contributed by atoms with Crippen LogP contribution in [-0.2, 0) is 44.4 Å². The highest BCUT2D eigenvalue weighted by Crippen LogP contribution is 2.53. The van der Waals surface area contributed by atoms with E-state index in [9.17, 15) is 77.5 Å². The number of nitro benzene ring substituents is 2. The number of ether oxygens (including phenoxy) is 7. The normalized spacial score (nSPS) is 26.2. The Morgan fingerprint density at radius 1 is 0.760 bits per heavy atom. The van der Waals surface area contributed by atoms with Crippen molar-refractivity contribution in [2.45, 2.75) is 113 Å². The molecule has 0 unspecified atom stereocenters. The number of phenols is 2. The number of hydrogen-bond acceptors (Lipinski definition) is 20. The minimum Gasteiger partial charge on any atom is -0.507 e. The summed E-state index contributed by atoms with van der Waals surface area (Å²) < 4.78 is 82.7. The number of alkyl halides is 3. The molecule has 0 aromatic heterocycles. The first-order valence-corrected chi connectivity index (χ1v) is 22.8. The van der Waals surface area contributed by atoms with E-state index in [-0.39, 0.29) is 50.5 Å². The van der Waals surface area contributed by atoms with Gasteiger partial charge in [-0.25, -0.2) is 9.59 Å². The van der Waals surface area contributed by atoms with Crippen molar-refractivity contribution in [1.82, 2.24) is 5.32 Å². The molecule has 2 aliphatic heterocycles. The molecule has 10 atom stereocenters. The average molecular weight is 1050 g/mol. The van der Waals surface area contributed by atoms with Crippen LogP contribution in [0.25, 0.3) is 0 Å². The second-order valence-electron chi connectivity index (χ2n) is 18.1. The summed E-state index contributed by atoms with van der Waals surface area (Å²) in [5.41, 5.74) is -5.81. The van der Waals surface area contributed by atoms with E-state index in [0.717, 1.165) is 55.5 Å². The van der Waals surface area contributed by atoms with Gasteiger partial charge < -0.3 is 53.8 Å². The Bertz CT molecular complexity index is 3020. The number of hydrogen-bond donors (Lipinski definition) is 4. The fourth-order valence-electron chi connectivity index (χ4n) is 9.59. The zero-order chi connectivity index (χ0) is 54.6. The molecule has 4 aromatic carbocycles. The third-order valence-electron chi connectivity index (χ3n) is 13.4. The maximum absolute atomic E-state index is 14.2. The number of fused-ring (bicyclic) bond motifs is 3. The molecule has 396 valence electrons. The van der Waals surface area contributed by atoms with Gasteiger partial charge in [0.25, 0.3) is 11.4 Å². The number of Topliss-reactive ketones (excluding diaryl/α,β-unsaturated/α-hetero) is 1. The van der Waals surface area contributed by atoms with E-state index < -0.39 is 160 Å². The van der Waals surface area contributed by atoms with Gasteiger partial charge in [0.2, 0.25) is 5.78 Å². The van der Waals surface area contributed by atoms with Gasteiger partial charge in [-0.1, -0.05) is 12.1 Å². The maximum Gasteiger partial charge on any atom is 0.471 e. The smallest absolute Gasteiger partial charge is 0.471 e. The maximum atomic E-state index is 14.2. The summed E-state index contributed by atoms with van der Waals surface area (Å²) in [5.74, 6) is -9.02. The largest absolute Gasteiger partial charge is 0.507 e. The average Bonchev–Trinajstić information content (AvgIpc) is 3.35. The number of amides is 1. The molecule has 2 heterocycles. The molecular formula is C49H44F3N3O20. The number of non-ortho nitro benzene ring substituents is 2. The lowest BCUT2D eigenvalue weighted by atomic mass is 9.72. The summed E-state index contributed by atoms with van der Waals surface area (Å²) in [7, 11) is 1.25. The second-order valence-corrected chi connectivity index (χ2v) is 18.1. The van der Waals surface area contributed by atoms with Gasteiger partial charge in [-0.05, 0) is 51.1 Å². The van der Waals surface area contributed by atoms with Crippen molar-refractivity contribution in [3.63, 3.8) is 0 Å². The molecule has 1 amide bonds. The number of rotatable bonds is 13. The highest BCUT2D eigenvalue weighted by Gasteiger charge is 2.52. The molecular weight excluding hydrogens is 1010 g/mol. The van der Waals surface area contributed by atoms with Gasteiger partial charge in [0.1, 0.15) is 41.2 Å². The number of ketones is 3. The first-order chi connectivity index (χ1) is 35.3. The second kappa shape index (κ2) is 20.4. The molecule has 0 spiro atoms. The molecule has 4 aliphatic rings. The van der Waals surface area contributed by atoms with Gasteiger partial charge >= 0.3 is 24.0 Å². The number of aliphatic hydroxyl groups is 1. The Hall–Kier alpha value is -7.91. The third kappa shape index (κ3) is 10.3. The minimum atomic E-state index is -5.43. The number of halogens is 3. The molecule has 0 bridgehead atoms. The number of phenolic OH excluding ortho intramolecular Hbond substituents is 2. The summed E-state index contributed by atoms with van der Waals surface area (Å²) in [6, 6.07) is 10.7. The number of nitrogens with zero attached hydrogens (tertiary/aromatic N) is 2. The fraction of sp³-hybridized carbons (Fsp3) is 0.388. The van der Waals surface area contributed by atoms with E-state index in [4.69, 9.17) is 33.2 Å². The van der Waals surface area contributed by atoms with Gasteiger partial charge in [-0.2, -0.15) is 13.2 Å². The number of carbonyl (C=O) groups is 6. The minimum absolute atomic E-state index is 0.0276. The van der Waals surface area contributed by atoms with Crippen LogP contribution in [0.1, 0.15) is 110 Å². The van der Waals surface area contributed by atoms with Crippen LogP contribution in [0.2, 0.25) is 0 Å². The topological polar surface area (TPSA) is 326 Å². The van der Waals surface area contributed by atoms with Crippen molar-refractivity contribution in [1.29, 1.82) is 0 Å². The number of nitrogens with one attached hydrogen (secondary N) is 1. The Kier molecular flexibility index (Phi) is 14.5. The molecule has 75 heavy (non-hydrogen) atoms. The van der Waals surface area contributed by atoms with Gasteiger partial charge in [-0.15, -0.1) is 0 Å². The number of aromatic hydroxyl groups is 2. The van der Waals surface area contributed by atoms with Crippen molar-refractivity contribution < 1.29 is 100 Å². The van der Waals surface area contributed by atoms with E-state index >= 15 is 0 Å². The van der Waals surface area contributed by atoms with E-state index in [1.54, 1.807) is 5.32 Å². The fourth-order valence-corrected chi connectivity index (χ4v) is 9.59. The zero-order valence-electron chi connectivity index (χ0n) is 39.7. The van der Waals surface area contributed by atoms with Crippen molar-refractivity contribution in [2.75, 3.05) is 7.11 Å². The molecule has 26 heteroatoms. The highest BCUT2D eigenvalue weighted by molar-refractivity contribution is 6.31. The summed E-state index contributed by atoms with van der Waals surface area (Å²) in [6.45, 7) is 3.70. The van der Waals surface area contributed by atoms with Gasteiger partial charge in [-0.3, -0.25) is 39.4 Å². The number of carbonyl (C=O) groups excluding carboxylic acids is 6. The molecule has 0 saturated carbocycles. The predicted molar refractivity (Wildman–Crippen MR) is 243 cm³/mol. The van der Waals surface area contributed by atoms with E-state index in [1.165, 1.54) is 39.2 Å². The van der Waals surface area contributed by atoms with E-state index in [1.807, 2.05) is 0 Å². The van der Waals surface area contributed by atoms with Crippen LogP contribution in [0.4, 0.5) is 24.5 Å². The van der Waals surface area contributed by atoms with Gasteiger partial charge in [0, 0.05) is 66.6 Å². The summed E-state index contributed by atoms with van der Waals surface area (Å²) in [4.78, 5) is 102. The quantitative estimate of drug-likeness (QED) is 0.0511. The monoisotopic (exact) mass is 1050 g/mol. The van der Waals surface area contributed by atoms with E-state index in [2.05, 4.69) is 0 Å². The van der Waals surface area contributed by atoms with E-state index in [0.29, 0.717) is 0 Å². The molecule has 2 saturated heterocycles. The summed E-state index contributed by atoms with van der Waals surface area (Å²) >= 11 is 0.